The van der Waals surface area contributed by atoms with Crippen LogP contribution in [-0.4, -0.2) is 7.11 Å². The molecule has 1 aromatic rings. The number of methoxy groups -OCH3 is 1. The maximum absolute atomic E-state index is 12.4. The van der Waals surface area contributed by atoms with Gasteiger partial charge in [0.2, 0.25) is 0 Å². The van der Waals surface area contributed by atoms with Crippen molar-refractivity contribution < 1.29 is 17.9 Å². The number of halogens is 3. The van der Waals surface area contributed by atoms with Gasteiger partial charge in [0.15, 0.2) is 0 Å². The Hall–Kier alpha value is -1.23. The molecule has 0 radical (unpaired) electrons. The number of hydrogen-bond acceptors (Lipinski definition) is 2. The fourth-order valence-electron chi connectivity index (χ4n) is 1.26. The molecule has 0 fully saturated rings. The SMILES string of the molecule is COc1cc(C(F)(F)F)ccc1[C@H](C)N. The summed E-state index contributed by atoms with van der Waals surface area (Å²) in [5.74, 6) is 0.167. The van der Waals surface area contributed by atoms with E-state index in [1.54, 1.807) is 6.92 Å². The van der Waals surface area contributed by atoms with Gasteiger partial charge >= 0.3 is 6.18 Å². The largest absolute Gasteiger partial charge is 0.496 e. The van der Waals surface area contributed by atoms with Crippen LogP contribution in [0.1, 0.15) is 24.1 Å². The van der Waals surface area contributed by atoms with E-state index in [0.717, 1.165) is 12.1 Å². The first kappa shape index (κ1) is 11.8. The van der Waals surface area contributed by atoms with Gasteiger partial charge in [0.25, 0.3) is 0 Å². The molecule has 5 heteroatoms. The number of rotatable bonds is 2. The molecule has 84 valence electrons. The van der Waals surface area contributed by atoms with Gasteiger partial charge in [-0.3, -0.25) is 0 Å². The van der Waals surface area contributed by atoms with Crippen molar-refractivity contribution in [2.75, 3.05) is 7.11 Å². The molecule has 2 N–H and O–H groups in total. The summed E-state index contributed by atoms with van der Waals surface area (Å²) >= 11 is 0. The predicted octanol–water partition coefficient (Wildman–Crippen LogP) is 2.73. The molecule has 0 aliphatic heterocycles. The van der Waals surface area contributed by atoms with E-state index >= 15 is 0 Å². The Labute approximate surface area is 85.8 Å². The summed E-state index contributed by atoms with van der Waals surface area (Å²) in [4.78, 5) is 0. The van der Waals surface area contributed by atoms with Crippen LogP contribution in [0.25, 0.3) is 0 Å². The van der Waals surface area contributed by atoms with E-state index in [9.17, 15) is 13.2 Å². The third-order valence-electron chi connectivity index (χ3n) is 2.05. The molecule has 1 aromatic carbocycles. The van der Waals surface area contributed by atoms with Crippen LogP contribution in [0.15, 0.2) is 18.2 Å². The van der Waals surface area contributed by atoms with Crippen LogP contribution in [0.3, 0.4) is 0 Å². The lowest BCUT2D eigenvalue weighted by atomic mass is 10.0. The van der Waals surface area contributed by atoms with Gasteiger partial charge in [0.05, 0.1) is 12.7 Å². The van der Waals surface area contributed by atoms with E-state index in [1.165, 1.54) is 13.2 Å². The Morgan fingerprint density at radius 3 is 2.33 bits per heavy atom. The van der Waals surface area contributed by atoms with Gasteiger partial charge in [-0.2, -0.15) is 13.2 Å². The molecular weight excluding hydrogens is 207 g/mol. The summed E-state index contributed by atoms with van der Waals surface area (Å²) in [6.07, 6.45) is -4.36. The molecule has 15 heavy (non-hydrogen) atoms. The fourth-order valence-corrected chi connectivity index (χ4v) is 1.26. The molecular formula is C10H12F3NO. The van der Waals surface area contributed by atoms with Gasteiger partial charge in [0, 0.05) is 11.6 Å². The summed E-state index contributed by atoms with van der Waals surface area (Å²) < 4.78 is 41.9. The Morgan fingerprint density at radius 1 is 1.33 bits per heavy atom. The van der Waals surface area contributed by atoms with Crippen LogP contribution in [0, 0.1) is 0 Å². The third kappa shape index (κ3) is 2.62. The van der Waals surface area contributed by atoms with Gasteiger partial charge in [-0.1, -0.05) is 6.07 Å². The molecule has 0 unspecified atom stereocenters. The predicted molar refractivity (Wildman–Crippen MR) is 50.6 cm³/mol. The second-order valence-corrected chi connectivity index (χ2v) is 3.24. The lowest BCUT2D eigenvalue weighted by Crippen LogP contribution is -2.10. The first-order valence-corrected chi connectivity index (χ1v) is 4.37. The summed E-state index contributed by atoms with van der Waals surface area (Å²) in [5, 5.41) is 0. The van der Waals surface area contributed by atoms with E-state index in [0.29, 0.717) is 5.56 Å². The van der Waals surface area contributed by atoms with Gasteiger partial charge in [0.1, 0.15) is 5.75 Å². The molecule has 1 atom stereocenters. The average Bonchev–Trinajstić information content (AvgIpc) is 2.15. The van der Waals surface area contributed by atoms with Crippen molar-refractivity contribution in [1.82, 2.24) is 0 Å². The fraction of sp³-hybridized carbons (Fsp3) is 0.400. The first-order valence-electron chi connectivity index (χ1n) is 4.37. The number of hydrogen-bond donors (Lipinski definition) is 1. The van der Waals surface area contributed by atoms with E-state index in [2.05, 4.69) is 0 Å². The van der Waals surface area contributed by atoms with Crippen molar-refractivity contribution in [2.45, 2.75) is 19.1 Å². The summed E-state index contributed by atoms with van der Waals surface area (Å²) in [6.45, 7) is 1.69. The van der Waals surface area contributed by atoms with Crippen molar-refractivity contribution in [3.63, 3.8) is 0 Å². The highest BCUT2D eigenvalue weighted by Crippen LogP contribution is 2.34. The van der Waals surface area contributed by atoms with Crippen molar-refractivity contribution in [3.8, 4) is 5.75 Å². The lowest BCUT2D eigenvalue weighted by molar-refractivity contribution is -0.137. The van der Waals surface area contributed by atoms with Crippen LogP contribution in [0.4, 0.5) is 13.2 Å². The molecule has 2 nitrogen and oxygen atoms in total. The van der Waals surface area contributed by atoms with Gasteiger partial charge in [-0.05, 0) is 19.1 Å². The van der Waals surface area contributed by atoms with E-state index < -0.39 is 11.7 Å². The van der Waals surface area contributed by atoms with Crippen LogP contribution < -0.4 is 10.5 Å². The third-order valence-corrected chi connectivity index (χ3v) is 2.05. The van der Waals surface area contributed by atoms with Gasteiger partial charge in [-0.25, -0.2) is 0 Å². The Bertz CT molecular complexity index is 347. The molecule has 0 saturated carbocycles. The molecule has 0 spiro atoms. The smallest absolute Gasteiger partial charge is 0.416 e. The number of alkyl halides is 3. The second kappa shape index (κ2) is 4.10. The maximum Gasteiger partial charge on any atom is 0.416 e. The minimum Gasteiger partial charge on any atom is -0.496 e. The van der Waals surface area contributed by atoms with E-state index in [-0.39, 0.29) is 11.8 Å². The average molecular weight is 219 g/mol. The monoisotopic (exact) mass is 219 g/mol. The number of ether oxygens (including phenoxy) is 1. The molecule has 0 aliphatic carbocycles. The van der Waals surface area contributed by atoms with Crippen molar-refractivity contribution in [3.05, 3.63) is 29.3 Å². The quantitative estimate of drug-likeness (QED) is 0.830. The first-order chi connectivity index (χ1) is 6.86. The molecule has 1 rings (SSSR count). The van der Waals surface area contributed by atoms with Crippen LogP contribution in [0.5, 0.6) is 5.75 Å². The minimum atomic E-state index is -4.36. The highest BCUT2D eigenvalue weighted by molar-refractivity contribution is 5.40. The zero-order valence-corrected chi connectivity index (χ0v) is 8.43. The summed E-state index contributed by atoms with van der Waals surface area (Å²) in [6, 6.07) is 2.94. The zero-order valence-electron chi connectivity index (χ0n) is 8.43. The molecule has 0 amide bonds. The van der Waals surface area contributed by atoms with Crippen molar-refractivity contribution >= 4 is 0 Å². The Morgan fingerprint density at radius 2 is 1.93 bits per heavy atom. The molecule has 0 aliphatic rings. The zero-order chi connectivity index (χ0) is 11.6. The molecule has 0 bridgehead atoms. The number of benzene rings is 1. The number of nitrogens with two attached hydrogens (primary N) is 1. The molecule has 0 saturated heterocycles. The molecule has 0 heterocycles. The van der Waals surface area contributed by atoms with E-state index in [1.807, 2.05) is 0 Å². The van der Waals surface area contributed by atoms with Crippen LogP contribution in [-0.2, 0) is 6.18 Å². The highest BCUT2D eigenvalue weighted by atomic mass is 19.4. The summed E-state index contributed by atoms with van der Waals surface area (Å²) in [5.41, 5.74) is 5.42. The molecule has 0 aromatic heterocycles. The lowest BCUT2D eigenvalue weighted by Gasteiger charge is -2.14. The van der Waals surface area contributed by atoms with Crippen molar-refractivity contribution in [1.29, 1.82) is 0 Å². The van der Waals surface area contributed by atoms with E-state index in [4.69, 9.17) is 10.5 Å². The Kier molecular flexibility index (Phi) is 3.24. The van der Waals surface area contributed by atoms with Crippen LogP contribution >= 0.6 is 0 Å². The normalized spacial score (nSPS) is 13.7. The van der Waals surface area contributed by atoms with Gasteiger partial charge < -0.3 is 10.5 Å². The second-order valence-electron chi connectivity index (χ2n) is 3.24. The highest BCUT2D eigenvalue weighted by Gasteiger charge is 2.31. The summed E-state index contributed by atoms with van der Waals surface area (Å²) in [7, 11) is 1.32. The Balaban J connectivity index is 3.19. The van der Waals surface area contributed by atoms with Gasteiger partial charge in [-0.15, -0.1) is 0 Å². The topological polar surface area (TPSA) is 35.2 Å². The minimum absolute atomic E-state index is 0.167. The maximum atomic E-state index is 12.4. The standard InChI is InChI=1S/C10H12F3NO/c1-6(14)8-4-3-7(10(11,12)13)5-9(8)15-2/h3-6H,14H2,1-2H3/t6-/m0/s1. The van der Waals surface area contributed by atoms with Crippen LogP contribution in [0.2, 0.25) is 0 Å². The van der Waals surface area contributed by atoms with Crippen molar-refractivity contribution in [2.24, 2.45) is 5.73 Å².